The SMILES string of the molecule is CCOC(=O)C(Cc1ccc(OCc2sc(-c3ccc(-c4cc(C(C)(C)C)on4)cc3)nc2C)cc1)OCC. The number of ether oxygens (including phenoxy) is 3. The molecule has 4 rings (SSSR count). The summed E-state index contributed by atoms with van der Waals surface area (Å²) in [5, 5.41) is 5.19. The molecule has 1 unspecified atom stereocenters. The van der Waals surface area contributed by atoms with Gasteiger partial charge in [0.1, 0.15) is 28.8 Å². The second-order valence-corrected chi connectivity index (χ2v) is 11.3. The Morgan fingerprint density at radius 3 is 2.31 bits per heavy atom. The minimum atomic E-state index is -0.606. The van der Waals surface area contributed by atoms with Crippen molar-refractivity contribution in [3.63, 3.8) is 0 Å². The first-order valence-electron chi connectivity index (χ1n) is 13.2. The largest absolute Gasteiger partial charge is 0.488 e. The maximum atomic E-state index is 12.1. The summed E-state index contributed by atoms with van der Waals surface area (Å²) in [6, 6.07) is 17.9. The Hall–Kier alpha value is -3.49. The summed E-state index contributed by atoms with van der Waals surface area (Å²) in [7, 11) is 0. The van der Waals surface area contributed by atoms with Crippen molar-refractivity contribution in [1.29, 1.82) is 0 Å². The van der Waals surface area contributed by atoms with Crippen LogP contribution in [-0.4, -0.2) is 35.4 Å². The Morgan fingerprint density at radius 2 is 1.69 bits per heavy atom. The highest BCUT2D eigenvalue weighted by Crippen LogP contribution is 2.32. The summed E-state index contributed by atoms with van der Waals surface area (Å²) in [6.45, 7) is 13.2. The van der Waals surface area contributed by atoms with E-state index in [0.29, 0.717) is 26.2 Å². The highest BCUT2D eigenvalue weighted by molar-refractivity contribution is 7.15. The smallest absolute Gasteiger partial charge is 0.335 e. The molecule has 0 aliphatic carbocycles. The van der Waals surface area contributed by atoms with Crippen molar-refractivity contribution in [2.75, 3.05) is 13.2 Å². The zero-order valence-corrected chi connectivity index (χ0v) is 24.3. The summed E-state index contributed by atoms with van der Waals surface area (Å²) in [5.41, 5.74) is 4.74. The lowest BCUT2D eigenvalue weighted by Gasteiger charge is -2.15. The fourth-order valence-corrected chi connectivity index (χ4v) is 4.95. The molecule has 0 amide bonds. The van der Waals surface area contributed by atoms with E-state index in [2.05, 4.69) is 38.1 Å². The predicted molar refractivity (Wildman–Crippen MR) is 153 cm³/mol. The molecule has 0 saturated carbocycles. The van der Waals surface area contributed by atoms with E-state index in [0.717, 1.165) is 49.5 Å². The number of thiazole rings is 1. The van der Waals surface area contributed by atoms with Crippen molar-refractivity contribution in [3.05, 3.63) is 76.5 Å². The third-order valence-electron chi connectivity index (χ3n) is 6.20. The third-order valence-corrected chi connectivity index (χ3v) is 7.38. The van der Waals surface area contributed by atoms with Crippen LogP contribution in [0, 0.1) is 6.92 Å². The monoisotopic (exact) mass is 548 g/mol. The van der Waals surface area contributed by atoms with Crippen LogP contribution in [0.15, 0.2) is 59.1 Å². The molecule has 0 bridgehead atoms. The van der Waals surface area contributed by atoms with E-state index in [1.54, 1.807) is 18.3 Å². The second-order valence-electron chi connectivity index (χ2n) is 10.3. The summed E-state index contributed by atoms with van der Waals surface area (Å²) in [5.74, 6) is 1.28. The van der Waals surface area contributed by atoms with Gasteiger partial charge in [0.25, 0.3) is 0 Å². The fraction of sp³-hybridized carbons (Fsp3) is 0.387. The van der Waals surface area contributed by atoms with Crippen LogP contribution in [-0.2, 0) is 32.7 Å². The first kappa shape index (κ1) is 28.5. The predicted octanol–water partition coefficient (Wildman–Crippen LogP) is 7.16. The van der Waals surface area contributed by atoms with Gasteiger partial charge in [0.2, 0.25) is 0 Å². The maximum Gasteiger partial charge on any atom is 0.335 e. The van der Waals surface area contributed by atoms with Crippen LogP contribution in [0.4, 0.5) is 0 Å². The third kappa shape index (κ3) is 7.34. The van der Waals surface area contributed by atoms with E-state index in [1.807, 2.05) is 56.3 Å². The molecule has 2 aromatic heterocycles. The molecule has 8 heteroatoms. The van der Waals surface area contributed by atoms with Gasteiger partial charge in [-0.1, -0.05) is 62.3 Å². The lowest BCUT2D eigenvalue weighted by Crippen LogP contribution is -2.28. The molecule has 0 aliphatic rings. The van der Waals surface area contributed by atoms with Gasteiger partial charge in [-0.15, -0.1) is 11.3 Å². The molecule has 0 N–H and O–H groups in total. The first-order chi connectivity index (χ1) is 18.7. The van der Waals surface area contributed by atoms with Crippen molar-refractivity contribution in [2.24, 2.45) is 0 Å². The summed E-state index contributed by atoms with van der Waals surface area (Å²) in [6.07, 6.45) is -0.150. The summed E-state index contributed by atoms with van der Waals surface area (Å²) < 4.78 is 22.3. The van der Waals surface area contributed by atoms with Crippen molar-refractivity contribution >= 4 is 17.3 Å². The molecule has 2 aromatic carbocycles. The zero-order chi connectivity index (χ0) is 28.0. The Labute approximate surface area is 234 Å². The van der Waals surface area contributed by atoms with Gasteiger partial charge < -0.3 is 18.7 Å². The van der Waals surface area contributed by atoms with E-state index in [9.17, 15) is 4.79 Å². The molecule has 0 radical (unpaired) electrons. The molecule has 2 heterocycles. The lowest BCUT2D eigenvalue weighted by molar-refractivity contribution is -0.156. The standard InChI is InChI=1S/C31H36N2O5S/c1-7-35-26(30(34)36-8-2)17-21-9-15-24(16-10-21)37-19-27-20(3)32-29(39-27)23-13-11-22(12-14-23)25-18-28(38-33-25)31(4,5)6/h9-16,18,26H,7-8,17,19H2,1-6H3. The van der Waals surface area contributed by atoms with Crippen LogP contribution in [0.2, 0.25) is 0 Å². The van der Waals surface area contributed by atoms with Gasteiger partial charge in [-0.05, 0) is 38.5 Å². The van der Waals surface area contributed by atoms with Gasteiger partial charge in [-0.2, -0.15) is 0 Å². The van der Waals surface area contributed by atoms with Crippen LogP contribution in [0.3, 0.4) is 0 Å². The number of esters is 1. The maximum absolute atomic E-state index is 12.1. The lowest BCUT2D eigenvalue weighted by atomic mass is 9.93. The molecule has 39 heavy (non-hydrogen) atoms. The van der Waals surface area contributed by atoms with Crippen LogP contribution < -0.4 is 4.74 Å². The topological polar surface area (TPSA) is 83.7 Å². The molecule has 0 saturated heterocycles. The number of rotatable bonds is 11. The Kier molecular flexibility index (Phi) is 9.20. The van der Waals surface area contributed by atoms with Crippen LogP contribution in [0.25, 0.3) is 21.8 Å². The normalized spacial score (nSPS) is 12.4. The molecule has 206 valence electrons. The number of carbonyl (C=O) groups is 1. The summed E-state index contributed by atoms with van der Waals surface area (Å²) >= 11 is 1.63. The van der Waals surface area contributed by atoms with Crippen LogP contribution in [0.1, 0.15) is 56.5 Å². The Morgan fingerprint density at radius 1 is 1.00 bits per heavy atom. The van der Waals surface area contributed by atoms with Crippen LogP contribution in [0.5, 0.6) is 5.75 Å². The quantitative estimate of drug-likeness (QED) is 0.184. The van der Waals surface area contributed by atoms with Gasteiger partial charge in [0, 0.05) is 35.6 Å². The number of aryl methyl sites for hydroxylation is 1. The van der Waals surface area contributed by atoms with Crippen LogP contribution >= 0.6 is 11.3 Å². The fourth-order valence-electron chi connectivity index (χ4n) is 3.97. The van der Waals surface area contributed by atoms with Gasteiger partial charge in [-0.25, -0.2) is 9.78 Å². The minimum Gasteiger partial charge on any atom is -0.488 e. The number of hydrogen-bond donors (Lipinski definition) is 0. The average Bonchev–Trinajstić information content (AvgIpc) is 3.56. The average molecular weight is 549 g/mol. The first-order valence-corrected chi connectivity index (χ1v) is 14.0. The van der Waals surface area contributed by atoms with Gasteiger partial charge in [-0.3, -0.25) is 0 Å². The Balaban J connectivity index is 1.37. The summed E-state index contributed by atoms with van der Waals surface area (Å²) in [4.78, 5) is 18.0. The minimum absolute atomic E-state index is 0.0824. The molecule has 7 nitrogen and oxygen atoms in total. The van der Waals surface area contributed by atoms with Crippen molar-refractivity contribution < 1.29 is 23.5 Å². The van der Waals surface area contributed by atoms with Gasteiger partial charge >= 0.3 is 5.97 Å². The molecule has 4 aromatic rings. The highest BCUT2D eigenvalue weighted by atomic mass is 32.1. The van der Waals surface area contributed by atoms with Crippen molar-refractivity contribution in [3.8, 4) is 27.6 Å². The molecular formula is C31H36N2O5S. The van der Waals surface area contributed by atoms with E-state index in [1.165, 1.54) is 0 Å². The van der Waals surface area contributed by atoms with E-state index < -0.39 is 6.10 Å². The zero-order valence-electron chi connectivity index (χ0n) is 23.4. The van der Waals surface area contributed by atoms with Crippen molar-refractivity contribution in [1.82, 2.24) is 10.1 Å². The number of hydrogen-bond acceptors (Lipinski definition) is 8. The molecule has 0 fully saturated rings. The molecule has 0 aliphatic heterocycles. The second kappa shape index (κ2) is 12.6. The van der Waals surface area contributed by atoms with Gasteiger partial charge in [0.05, 0.1) is 17.2 Å². The Bertz CT molecular complexity index is 1370. The number of carbonyl (C=O) groups excluding carboxylic acids is 1. The molecular weight excluding hydrogens is 512 g/mol. The van der Waals surface area contributed by atoms with E-state index >= 15 is 0 Å². The number of benzene rings is 2. The highest BCUT2D eigenvalue weighted by Gasteiger charge is 2.21. The molecule has 1 atom stereocenters. The number of aromatic nitrogens is 2. The molecule has 0 spiro atoms. The van der Waals surface area contributed by atoms with E-state index in [-0.39, 0.29) is 11.4 Å². The van der Waals surface area contributed by atoms with Gasteiger partial charge in [0.15, 0.2) is 6.10 Å². The van der Waals surface area contributed by atoms with E-state index in [4.69, 9.17) is 23.7 Å². The van der Waals surface area contributed by atoms with Crippen molar-refractivity contribution in [2.45, 2.75) is 66.1 Å². The number of nitrogens with zero attached hydrogens (tertiary/aromatic N) is 2.